The first-order chi connectivity index (χ1) is 12.5. The van der Waals surface area contributed by atoms with Crippen LogP contribution < -0.4 is 5.56 Å². The molecule has 3 aromatic rings. The molecule has 0 saturated carbocycles. The molecule has 7 heteroatoms. The van der Waals surface area contributed by atoms with Crippen molar-refractivity contribution in [3.8, 4) is 11.1 Å². The van der Waals surface area contributed by atoms with Gasteiger partial charge in [0.25, 0.3) is 5.56 Å². The fourth-order valence-electron chi connectivity index (χ4n) is 2.78. The summed E-state index contributed by atoms with van der Waals surface area (Å²) in [5.74, 6) is -0.282. The van der Waals surface area contributed by atoms with Crippen molar-refractivity contribution in [1.29, 1.82) is 0 Å². The van der Waals surface area contributed by atoms with Crippen LogP contribution in [0, 0.1) is 6.92 Å². The van der Waals surface area contributed by atoms with E-state index in [2.05, 4.69) is 9.97 Å². The summed E-state index contributed by atoms with van der Waals surface area (Å²) in [6.45, 7) is 6.02. The Labute approximate surface area is 159 Å². The Morgan fingerprint density at radius 3 is 2.69 bits per heavy atom. The number of carbonyl (C=O) groups excluding carboxylic acids is 1. The van der Waals surface area contributed by atoms with Gasteiger partial charge in [0.15, 0.2) is 5.16 Å². The lowest BCUT2D eigenvalue weighted by atomic mass is 10.0. The van der Waals surface area contributed by atoms with Crippen LogP contribution in [0.5, 0.6) is 0 Å². The fourth-order valence-corrected chi connectivity index (χ4v) is 4.78. The van der Waals surface area contributed by atoms with Crippen LogP contribution >= 0.6 is 23.1 Å². The lowest BCUT2D eigenvalue weighted by Crippen LogP contribution is -2.20. The van der Waals surface area contributed by atoms with Gasteiger partial charge < -0.3 is 9.72 Å². The molecule has 2 heterocycles. The number of rotatable bonds is 6. The van der Waals surface area contributed by atoms with Crippen molar-refractivity contribution < 1.29 is 9.53 Å². The Balaban J connectivity index is 2.02. The average Bonchev–Trinajstić information content (AvgIpc) is 2.97. The van der Waals surface area contributed by atoms with Gasteiger partial charge in [-0.3, -0.25) is 9.59 Å². The minimum atomic E-state index is -0.384. The molecule has 1 atom stereocenters. The van der Waals surface area contributed by atoms with Gasteiger partial charge in [0.1, 0.15) is 10.1 Å². The lowest BCUT2D eigenvalue weighted by molar-refractivity contribution is -0.142. The molecule has 0 amide bonds. The summed E-state index contributed by atoms with van der Waals surface area (Å²) in [7, 11) is 0. The number of hydrogen-bond donors (Lipinski definition) is 1. The third-order valence-corrected chi connectivity index (χ3v) is 6.18. The second-order valence-corrected chi connectivity index (χ2v) is 8.11. The van der Waals surface area contributed by atoms with Crippen LogP contribution in [0.3, 0.4) is 0 Å². The SMILES string of the molecule is CCOC(=O)C(CC)Sc1nc2sc(C)c(-c3ccccc3)c2c(=O)[nH]1. The Morgan fingerprint density at radius 1 is 1.31 bits per heavy atom. The number of nitrogens with one attached hydrogen (secondary N) is 1. The number of nitrogens with zero attached hydrogens (tertiary/aromatic N) is 1. The van der Waals surface area contributed by atoms with Crippen molar-refractivity contribution >= 4 is 39.3 Å². The molecule has 3 rings (SSSR count). The standard InChI is InChI=1S/C19H20N2O3S2/c1-4-13(18(23)24-5-2)26-19-20-16(22)15-14(11(3)25-17(15)21-19)12-9-7-6-8-10-12/h6-10,13H,4-5H2,1-3H3,(H,20,21,22). The van der Waals surface area contributed by atoms with Crippen molar-refractivity contribution in [3.05, 3.63) is 45.6 Å². The summed E-state index contributed by atoms with van der Waals surface area (Å²) in [4.78, 5) is 33.9. The molecular formula is C19H20N2O3S2. The minimum absolute atomic E-state index is 0.181. The summed E-state index contributed by atoms with van der Waals surface area (Å²) in [6.07, 6.45) is 0.601. The van der Waals surface area contributed by atoms with Crippen molar-refractivity contribution in [2.24, 2.45) is 0 Å². The van der Waals surface area contributed by atoms with Gasteiger partial charge in [0.05, 0.1) is 12.0 Å². The molecule has 0 bridgehead atoms. The van der Waals surface area contributed by atoms with Gasteiger partial charge in [-0.1, -0.05) is 49.0 Å². The Kier molecular flexibility index (Phi) is 5.78. The van der Waals surface area contributed by atoms with Crippen LogP contribution in [0.25, 0.3) is 21.3 Å². The number of esters is 1. The van der Waals surface area contributed by atoms with E-state index >= 15 is 0 Å². The van der Waals surface area contributed by atoms with E-state index in [0.717, 1.165) is 16.0 Å². The van der Waals surface area contributed by atoms with Gasteiger partial charge in [-0.25, -0.2) is 4.98 Å². The third kappa shape index (κ3) is 3.68. The van der Waals surface area contributed by atoms with E-state index in [4.69, 9.17) is 4.74 Å². The van der Waals surface area contributed by atoms with Crippen molar-refractivity contribution in [1.82, 2.24) is 9.97 Å². The first kappa shape index (κ1) is 18.7. The van der Waals surface area contributed by atoms with Gasteiger partial charge in [-0.05, 0) is 25.8 Å². The number of thiophene rings is 1. The molecule has 0 aliphatic carbocycles. The van der Waals surface area contributed by atoms with Crippen LogP contribution in [0.4, 0.5) is 0 Å². The molecule has 0 aliphatic rings. The van der Waals surface area contributed by atoms with Gasteiger partial charge in [-0.15, -0.1) is 11.3 Å². The summed E-state index contributed by atoms with van der Waals surface area (Å²) in [6, 6.07) is 9.84. The number of thioether (sulfide) groups is 1. The lowest BCUT2D eigenvalue weighted by Gasteiger charge is -2.12. The molecule has 0 radical (unpaired) electrons. The number of fused-ring (bicyclic) bond motifs is 1. The topological polar surface area (TPSA) is 72.0 Å². The van der Waals surface area contributed by atoms with Crippen molar-refractivity contribution in [2.75, 3.05) is 6.61 Å². The van der Waals surface area contributed by atoms with E-state index in [1.165, 1.54) is 23.1 Å². The largest absolute Gasteiger partial charge is 0.465 e. The molecule has 1 unspecified atom stereocenters. The highest BCUT2D eigenvalue weighted by molar-refractivity contribution is 8.00. The van der Waals surface area contributed by atoms with Crippen LogP contribution in [-0.4, -0.2) is 27.8 Å². The molecule has 26 heavy (non-hydrogen) atoms. The highest BCUT2D eigenvalue weighted by Crippen LogP contribution is 2.36. The summed E-state index contributed by atoms with van der Waals surface area (Å²) in [5, 5.41) is 0.667. The second-order valence-electron chi connectivity index (χ2n) is 5.72. The monoisotopic (exact) mass is 388 g/mol. The van der Waals surface area contributed by atoms with E-state index in [-0.39, 0.29) is 16.8 Å². The number of hydrogen-bond acceptors (Lipinski definition) is 6. The van der Waals surface area contributed by atoms with Crippen LogP contribution in [-0.2, 0) is 9.53 Å². The predicted molar refractivity (Wildman–Crippen MR) is 107 cm³/mol. The molecule has 1 N–H and O–H groups in total. The van der Waals surface area contributed by atoms with Gasteiger partial charge >= 0.3 is 5.97 Å². The third-order valence-electron chi connectivity index (χ3n) is 3.95. The van der Waals surface area contributed by atoms with E-state index < -0.39 is 0 Å². The summed E-state index contributed by atoms with van der Waals surface area (Å²) >= 11 is 2.74. The first-order valence-electron chi connectivity index (χ1n) is 8.47. The molecule has 136 valence electrons. The average molecular weight is 389 g/mol. The predicted octanol–water partition coefficient (Wildman–Crippen LogP) is 4.39. The van der Waals surface area contributed by atoms with E-state index in [1.807, 2.05) is 44.2 Å². The van der Waals surface area contributed by atoms with Gasteiger partial charge in [-0.2, -0.15) is 0 Å². The quantitative estimate of drug-likeness (QED) is 0.385. The van der Waals surface area contributed by atoms with Crippen LogP contribution in [0.1, 0.15) is 25.1 Å². The first-order valence-corrected chi connectivity index (χ1v) is 10.2. The van der Waals surface area contributed by atoms with Crippen molar-refractivity contribution in [2.45, 2.75) is 37.6 Å². The number of aromatic nitrogens is 2. The Morgan fingerprint density at radius 2 is 2.04 bits per heavy atom. The van der Waals surface area contributed by atoms with Gasteiger partial charge in [0, 0.05) is 10.4 Å². The maximum atomic E-state index is 12.8. The zero-order valence-corrected chi connectivity index (χ0v) is 16.5. The van der Waals surface area contributed by atoms with Crippen LogP contribution in [0.2, 0.25) is 0 Å². The molecule has 0 fully saturated rings. The molecule has 0 aliphatic heterocycles. The molecule has 1 aromatic carbocycles. The maximum absolute atomic E-state index is 12.8. The zero-order chi connectivity index (χ0) is 18.7. The summed E-state index contributed by atoms with van der Waals surface area (Å²) < 4.78 is 5.09. The summed E-state index contributed by atoms with van der Waals surface area (Å²) in [5.41, 5.74) is 1.75. The Hall–Kier alpha value is -2.12. The fraction of sp³-hybridized carbons (Fsp3) is 0.316. The highest BCUT2D eigenvalue weighted by atomic mass is 32.2. The normalized spacial score (nSPS) is 12.3. The van der Waals surface area contributed by atoms with E-state index in [1.54, 1.807) is 6.92 Å². The highest BCUT2D eigenvalue weighted by Gasteiger charge is 2.22. The van der Waals surface area contributed by atoms with E-state index in [9.17, 15) is 9.59 Å². The minimum Gasteiger partial charge on any atom is -0.465 e. The number of H-pyrrole nitrogens is 1. The second kappa shape index (κ2) is 8.05. The number of benzene rings is 1. The molecule has 0 spiro atoms. The number of carbonyl (C=O) groups is 1. The maximum Gasteiger partial charge on any atom is 0.319 e. The number of aromatic amines is 1. The number of ether oxygens (including phenoxy) is 1. The molecule has 0 saturated heterocycles. The van der Waals surface area contributed by atoms with Crippen molar-refractivity contribution in [3.63, 3.8) is 0 Å². The van der Waals surface area contributed by atoms with Gasteiger partial charge in [0.2, 0.25) is 0 Å². The molecule has 2 aromatic heterocycles. The zero-order valence-electron chi connectivity index (χ0n) is 14.9. The number of aryl methyl sites for hydroxylation is 1. The van der Waals surface area contributed by atoms with E-state index in [0.29, 0.717) is 28.4 Å². The Bertz CT molecular complexity index is 980. The van der Waals surface area contributed by atoms with Crippen LogP contribution in [0.15, 0.2) is 40.3 Å². The molecule has 5 nitrogen and oxygen atoms in total. The molecular weight excluding hydrogens is 368 g/mol. The smallest absolute Gasteiger partial charge is 0.319 e.